The fraction of sp³-hybridized carbons (Fsp3) is 0.478. The first-order chi connectivity index (χ1) is 14.9. The van der Waals surface area contributed by atoms with Crippen LogP contribution in [-0.2, 0) is 30.6 Å². The summed E-state index contributed by atoms with van der Waals surface area (Å²) in [5, 5.41) is 5.72. The van der Waals surface area contributed by atoms with Crippen LogP contribution in [0, 0.1) is 19.7 Å². The highest BCUT2D eigenvalue weighted by Crippen LogP contribution is 2.23. The summed E-state index contributed by atoms with van der Waals surface area (Å²) >= 11 is 1.73. The molecule has 0 radical (unpaired) electrons. The molecule has 1 amide bonds. The molecule has 0 saturated heterocycles. The molecule has 164 valence electrons. The summed E-state index contributed by atoms with van der Waals surface area (Å²) in [4.78, 5) is 25.6. The van der Waals surface area contributed by atoms with Crippen molar-refractivity contribution in [2.24, 2.45) is 0 Å². The third-order valence-corrected chi connectivity index (χ3v) is 6.74. The third-order valence-electron chi connectivity index (χ3n) is 5.67. The number of carbonyl (C=O) groups excluding carboxylic acids is 1. The van der Waals surface area contributed by atoms with Crippen LogP contribution in [0.25, 0.3) is 11.4 Å². The maximum absolute atomic E-state index is 13.7. The number of fused-ring (bicyclic) bond motifs is 1. The molecule has 4 rings (SSSR count). The fourth-order valence-electron chi connectivity index (χ4n) is 3.90. The normalized spacial score (nSPS) is 13.9. The lowest BCUT2D eigenvalue weighted by Gasteiger charge is -2.20. The van der Waals surface area contributed by atoms with Crippen LogP contribution in [0.4, 0.5) is 4.39 Å². The number of nitrogens with zero attached hydrogens (tertiary/aromatic N) is 5. The summed E-state index contributed by atoms with van der Waals surface area (Å²) in [5.74, 6) is 1.15. The predicted octanol–water partition coefficient (Wildman–Crippen LogP) is 4.13. The van der Waals surface area contributed by atoms with Crippen LogP contribution in [0.1, 0.15) is 46.7 Å². The molecular formula is C23H28FN5OS. The molecule has 1 aromatic carbocycles. The molecular weight excluding hydrogens is 413 g/mol. The van der Waals surface area contributed by atoms with Crippen molar-refractivity contribution in [3.63, 3.8) is 0 Å². The molecule has 0 bridgehead atoms. The molecule has 31 heavy (non-hydrogen) atoms. The van der Waals surface area contributed by atoms with Crippen LogP contribution >= 0.6 is 11.3 Å². The molecule has 0 N–H and O–H groups in total. The number of benzene rings is 1. The Morgan fingerprint density at radius 3 is 2.77 bits per heavy atom. The van der Waals surface area contributed by atoms with Gasteiger partial charge >= 0.3 is 0 Å². The zero-order valence-electron chi connectivity index (χ0n) is 18.3. The number of carbonyl (C=O) groups is 1. The first kappa shape index (κ1) is 21.6. The molecule has 0 spiro atoms. The Morgan fingerprint density at radius 1 is 1.19 bits per heavy atom. The molecule has 0 atom stereocenters. The lowest BCUT2D eigenvalue weighted by atomic mass is 10.1. The van der Waals surface area contributed by atoms with Gasteiger partial charge in [0.15, 0.2) is 5.82 Å². The van der Waals surface area contributed by atoms with Crippen LogP contribution in [-0.4, -0.2) is 43.6 Å². The van der Waals surface area contributed by atoms with Crippen molar-refractivity contribution in [2.45, 2.75) is 59.4 Å². The highest BCUT2D eigenvalue weighted by atomic mass is 32.1. The monoisotopic (exact) mass is 441 g/mol. The smallest absolute Gasteiger partial charge is 0.244 e. The molecule has 0 fully saturated rings. The maximum atomic E-state index is 13.7. The van der Waals surface area contributed by atoms with Crippen LogP contribution in [0.15, 0.2) is 18.2 Å². The summed E-state index contributed by atoms with van der Waals surface area (Å²) in [6.45, 7) is 7.44. The van der Waals surface area contributed by atoms with Gasteiger partial charge in [0.05, 0.1) is 10.7 Å². The molecule has 3 aromatic rings. The molecule has 2 aromatic heterocycles. The van der Waals surface area contributed by atoms with Gasteiger partial charge in [0.1, 0.15) is 18.2 Å². The van der Waals surface area contributed by atoms with Crippen molar-refractivity contribution >= 4 is 17.2 Å². The van der Waals surface area contributed by atoms with E-state index in [0.717, 1.165) is 54.2 Å². The van der Waals surface area contributed by atoms with Crippen molar-refractivity contribution in [1.82, 2.24) is 24.6 Å². The van der Waals surface area contributed by atoms with Crippen molar-refractivity contribution in [3.8, 4) is 11.4 Å². The Labute approximate surface area is 186 Å². The molecule has 0 unspecified atom stereocenters. The number of thiazole rings is 1. The minimum atomic E-state index is -0.246. The van der Waals surface area contributed by atoms with Gasteiger partial charge in [-0.25, -0.2) is 19.0 Å². The fourth-order valence-corrected chi connectivity index (χ4v) is 4.87. The highest BCUT2D eigenvalue weighted by molar-refractivity contribution is 7.11. The zero-order valence-corrected chi connectivity index (χ0v) is 19.1. The van der Waals surface area contributed by atoms with E-state index >= 15 is 0 Å². The van der Waals surface area contributed by atoms with Gasteiger partial charge in [-0.15, -0.1) is 11.3 Å². The number of rotatable bonds is 6. The lowest BCUT2D eigenvalue weighted by Crippen LogP contribution is -2.36. The van der Waals surface area contributed by atoms with Gasteiger partial charge in [0.2, 0.25) is 5.91 Å². The quantitative estimate of drug-likeness (QED) is 0.577. The van der Waals surface area contributed by atoms with Gasteiger partial charge in [-0.3, -0.25) is 4.79 Å². The summed E-state index contributed by atoms with van der Waals surface area (Å²) in [6, 6.07) is 4.88. The number of unbranched alkanes of at least 4 members (excludes halogenated alkanes) is 1. The molecule has 1 aliphatic rings. The van der Waals surface area contributed by atoms with E-state index in [1.807, 2.05) is 11.8 Å². The number of aryl methyl sites for hydroxylation is 3. The van der Waals surface area contributed by atoms with Crippen LogP contribution in [0.3, 0.4) is 0 Å². The van der Waals surface area contributed by atoms with E-state index in [1.165, 1.54) is 10.9 Å². The van der Waals surface area contributed by atoms with Gasteiger partial charge in [-0.2, -0.15) is 5.10 Å². The molecule has 0 aliphatic carbocycles. The Bertz CT molecular complexity index is 1060. The molecule has 3 heterocycles. The number of hydrogen-bond donors (Lipinski definition) is 0. The summed E-state index contributed by atoms with van der Waals surface area (Å²) < 4.78 is 15.4. The molecule has 8 heteroatoms. The largest absolute Gasteiger partial charge is 0.340 e. The second-order valence-electron chi connectivity index (χ2n) is 8.06. The van der Waals surface area contributed by atoms with E-state index in [4.69, 9.17) is 0 Å². The maximum Gasteiger partial charge on any atom is 0.244 e. The third kappa shape index (κ3) is 4.84. The molecule has 0 saturated carbocycles. The standard InChI is InChI=1S/C23H28FN5OS/c1-4-5-6-21-26-23(17-7-8-18(24)15(2)13-17)27-29(21)14-22(30)28-11-9-19-20(10-12-28)31-16(3)25-19/h7-8,13H,4-6,9-12,14H2,1-3H3. The summed E-state index contributed by atoms with van der Waals surface area (Å²) in [5.41, 5.74) is 2.46. The van der Waals surface area contributed by atoms with Gasteiger partial charge < -0.3 is 4.90 Å². The average molecular weight is 442 g/mol. The van der Waals surface area contributed by atoms with E-state index in [-0.39, 0.29) is 18.3 Å². The summed E-state index contributed by atoms with van der Waals surface area (Å²) in [6.07, 6.45) is 4.42. The first-order valence-corrected chi connectivity index (χ1v) is 11.7. The van der Waals surface area contributed by atoms with Crippen molar-refractivity contribution in [3.05, 3.63) is 51.0 Å². The summed E-state index contributed by atoms with van der Waals surface area (Å²) in [7, 11) is 0. The predicted molar refractivity (Wildman–Crippen MR) is 120 cm³/mol. The van der Waals surface area contributed by atoms with Crippen LogP contribution in [0.5, 0.6) is 0 Å². The van der Waals surface area contributed by atoms with Crippen LogP contribution < -0.4 is 0 Å². The van der Waals surface area contributed by atoms with Crippen molar-refractivity contribution in [1.29, 1.82) is 0 Å². The molecule has 1 aliphatic heterocycles. The van der Waals surface area contributed by atoms with Gasteiger partial charge in [0, 0.05) is 42.8 Å². The van der Waals surface area contributed by atoms with Crippen LogP contribution in [0.2, 0.25) is 0 Å². The Morgan fingerprint density at radius 2 is 2.00 bits per heavy atom. The van der Waals surface area contributed by atoms with Crippen molar-refractivity contribution < 1.29 is 9.18 Å². The number of amides is 1. The van der Waals surface area contributed by atoms with E-state index in [9.17, 15) is 9.18 Å². The van der Waals surface area contributed by atoms with Gasteiger partial charge in [-0.1, -0.05) is 13.3 Å². The topological polar surface area (TPSA) is 63.9 Å². The SMILES string of the molecule is CCCCc1nc(-c2ccc(F)c(C)c2)nn1CC(=O)N1CCc2nc(C)sc2CC1. The Balaban J connectivity index is 1.52. The minimum absolute atomic E-state index is 0.0522. The first-order valence-electron chi connectivity index (χ1n) is 10.9. The second kappa shape index (κ2) is 9.26. The average Bonchev–Trinajstić information content (AvgIpc) is 3.25. The number of aromatic nitrogens is 4. The minimum Gasteiger partial charge on any atom is -0.340 e. The van der Waals surface area contributed by atoms with E-state index in [0.29, 0.717) is 24.5 Å². The van der Waals surface area contributed by atoms with E-state index < -0.39 is 0 Å². The van der Waals surface area contributed by atoms with Gasteiger partial charge in [0.25, 0.3) is 0 Å². The highest BCUT2D eigenvalue weighted by Gasteiger charge is 2.23. The number of halogens is 1. The van der Waals surface area contributed by atoms with E-state index in [1.54, 1.807) is 35.1 Å². The lowest BCUT2D eigenvalue weighted by molar-refractivity contribution is -0.132. The Kier molecular flexibility index (Phi) is 6.46. The van der Waals surface area contributed by atoms with Gasteiger partial charge in [-0.05, 0) is 44.0 Å². The van der Waals surface area contributed by atoms with E-state index in [2.05, 4.69) is 22.0 Å². The molecule has 6 nitrogen and oxygen atoms in total. The van der Waals surface area contributed by atoms with Crippen molar-refractivity contribution in [2.75, 3.05) is 13.1 Å². The second-order valence-corrected chi connectivity index (χ2v) is 9.35. The number of hydrogen-bond acceptors (Lipinski definition) is 5. The Hall–Kier alpha value is -2.61. The zero-order chi connectivity index (χ0) is 22.0.